The Morgan fingerprint density at radius 2 is 0.577 bits per heavy atom. The molecule has 5 rings (SSSR count). The Kier molecular flexibility index (Phi) is 33.7. The fraction of sp³-hybridized carbons (Fsp3) is 0.700. The van der Waals surface area contributed by atoms with Crippen molar-refractivity contribution in [3.8, 4) is 23.0 Å². The lowest BCUT2D eigenvalue weighted by atomic mass is 9.97. The summed E-state index contributed by atoms with van der Waals surface area (Å²) in [6, 6.07) is 14.1. The van der Waals surface area contributed by atoms with E-state index in [9.17, 15) is 4.79 Å². The molecule has 0 atom stereocenters. The van der Waals surface area contributed by atoms with Gasteiger partial charge in [0.1, 0.15) is 0 Å². The number of esters is 1. The van der Waals surface area contributed by atoms with E-state index in [1.165, 1.54) is 213 Å². The molecule has 8 nitrogen and oxygen atoms in total. The van der Waals surface area contributed by atoms with Crippen molar-refractivity contribution in [1.29, 1.82) is 0 Å². The summed E-state index contributed by atoms with van der Waals surface area (Å²) in [5, 5.41) is 3.91. The molecule has 1 heterocycles. The predicted molar refractivity (Wildman–Crippen MR) is 333 cm³/mol. The van der Waals surface area contributed by atoms with Crippen LogP contribution in [0.15, 0.2) is 42.5 Å². The topological polar surface area (TPSA) is 89.0 Å². The van der Waals surface area contributed by atoms with Crippen molar-refractivity contribution >= 4 is 49.6 Å². The normalized spacial score (nSPS) is 11.7. The number of carbonyl (C=O) groups is 1. The standard InChI is InChI=1S/C70H110N2O6/c1-6-10-14-18-22-26-30-34-38-42-48-75-64-53-58-59-54-65(76-49-43-39-35-31-27-23-19-15-11-7-2)67(78-51-45-41-37-33-29-25-21-17-13-9-4)56-61(59)69-68(71-62-47-46-57(70(73)74-5)52-63(62)72-69)60(58)55-66(64)77-50-44-40-36-32-28-24-20-16-12-8-3/h46-47,52-56H,6-45,48-51H2,1-5H3. The van der Waals surface area contributed by atoms with E-state index in [4.69, 9.17) is 33.7 Å². The van der Waals surface area contributed by atoms with Gasteiger partial charge in [0, 0.05) is 10.8 Å². The number of hydrogen-bond donors (Lipinski definition) is 0. The minimum Gasteiger partial charge on any atom is -0.490 e. The van der Waals surface area contributed by atoms with Gasteiger partial charge in [0.2, 0.25) is 0 Å². The van der Waals surface area contributed by atoms with E-state index in [2.05, 4.69) is 52.0 Å². The zero-order valence-electron chi connectivity index (χ0n) is 50.5. The fourth-order valence-electron chi connectivity index (χ4n) is 11.2. The molecule has 8 heteroatoms. The van der Waals surface area contributed by atoms with E-state index in [1.54, 1.807) is 12.1 Å². The zero-order valence-corrected chi connectivity index (χ0v) is 50.5. The second-order valence-electron chi connectivity index (χ2n) is 22.9. The van der Waals surface area contributed by atoms with Crippen LogP contribution in [0.5, 0.6) is 23.0 Å². The maximum atomic E-state index is 12.8. The lowest BCUT2D eigenvalue weighted by molar-refractivity contribution is 0.0601. The first kappa shape index (κ1) is 64.5. The lowest BCUT2D eigenvalue weighted by Gasteiger charge is -2.19. The van der Waals surface area contributed by atoms with Crippen LogP contribution in [0.25, 0.3) is 43.6 Å². The first-order valence-corrected chi connectivity index (χ1v) is 32.8. The molecule has 5 aromatic rings. The second kappa shape index (κ2) is 40.8. The van der Waals surface area contributed by atoms with Crippen molar-refractivity contribution in [1.82, 2.24) is 9.97 Å². The van der Waals surface area contributed by atoms with Crippen molar-refractivity contribution in [3.05, 3.63) is 48.0 Å². The highest BCUT2D eigenvalue weighted by Gasteiger charge is 2.21. The Hall–Kier alpha value is -4.33. The van der Waals surface area contributed by atoms with Crippen LogP contribution >= 0.6 is 0 Å². The molecule has 0 aliphatic rings. The molecule has 0 fully saturated rings. The van der Waals surface area contributed by atoms with E-state index in [1.807, 2.05) is 6.07 Å². The molecule has 4 aromatic carbocycles. The summed E-state index contributed by atoms with van der Waals surface area (Å²) < 4.78 is 32.3. The maximum absolute atomic E-state index is 12.8. The number of aromatic nitrogens is 2. The van der Waals surface area contributed by atoms with Crippen molar-refractivity contribution in [3.63, 3.8) is 0 Å². The molecule has 0 saturated carbocycles. The van der Waals surface area contributed by atoms with Crippen LogP contribution < -0.4 is 18.9 Å². The number of hydrogen-bond acceptors (Lipinski definition) is 8. The van der Waals surface area contributed by atoms with Gasteiger partial charge in [-0.2, -0.15) is 0 Å². The molecule has 0 bridgehead atoms. The summed E-state index contributed by atoms with van der Waals surface area (Å²) >= 11 is 0. The van der Waals surface area contributed by atoms with Gasteiger partial charge in [-0.15, -0.1) is 0 Å². The van der Waals surface area contributed by atoms with Crippen molar-refractivity contribution in [2.75, 3.05) is 33.5 Å². The van der Waals surface area contributed by atoms with Gasteiger partial charge in [0.05, 0.1) is 61.2 Å². The smallest absolute Gasteiger partial charge is 0.337 e. The highest BCUT2D eigenvalue weighted by molar-refractivity contribution is 6.25. The zero-order chi connectivity index (χ0) is 55.1. The number of nitrogens with zero attached hydrogens (tertiary/aromatic N) is 2. The third-order valence-electron chi connectivity index (χ3n) is 16.1. The quantitative estimate of drug-likeness (QED) is 0.0165. The highest BCUT2D eigenvalue weighted by Crippen LogP contribution is 2.44. The average molecular weight is 1080 g/mol. The summed E-state index contributed by atoms with van der Waals surface area (Å²) in [6.45, 7) is 11.7. The van der Waals surface area contributed by atoms with Crippen LogP contribution in [0.2, 0.25) is 0 Å². The molecule has 78 heavy (non-hydrogen) atoms. The number of methoxy groups -OCH3 is 1. The van der Waals surface area contributed by atoms with Crippen molar-refractivity contribution < 1.29 is 28.5 Å². The molecule has 0 spiro atoms. The van der Waals surface area contributed by atoms with Crippen LogP contribution in [0, 0.1) is 0 Å². The molecular formula is C70H110N2O6. The maximum Gasteiger partial charge on any atom is 0.337 e. The number of unbranched alkanes of at least 4 members (excludes halogenated alkanes) is 36. The number of benzene rings is 4. The summed E-state index contributed by atoms with van der Waals surface area (Å²) in [5.74, 6) is 2.63. The van der Waals surface area contributed by atoms with Crippen LogP contribution in [-0.2, 0) is 4.74 Å². The molecule has 0 saturated heterocycles. The molecule has 0 amide bonds. The largest absolute Gasteiger partial charge is 0.490 e. The third kappa shape index (κ3) is 23.8. The molecule has 0 N–H and O–H groups in total. The van der Waals surface area contributed by atoms with E-state index >= 15 is 0 Å². The van der Waals surface area contributed by atoms with Crippen LogP contribution in [0.4, 0.5) is 0 Å². The molecule has 0 radical (unpaired) electrons. The van der Waals surface area contributed by atoms with Crippen LogP contribution in [-0.4, -0.2) is 49.5 Å². The van der Waals surface area contributed by atoms with E-state index < -0.39 is 5.97 Å². The van der Waals surface area contributed by atoms with Crippen molar-refractivity contribution in [2.24, 2.45) is 0 Å². The number of fused-ring (bicyclic) bond motifs is 7. The van der Waals surface area contributed by atoms with Gasteiger partial charge in [0.15, 0.2) is 23.0 Å². The van der Waals surface area contributed by atoms with Crippen molar-refractivity contribution in [2.45, 2.75) is 285 Å². The molecule has 0 aliphatic carbocycles. The Morgan fingerprint density at radius 3 is 0.859 bits per heavy atom. The number of rotatable bonds is 49. The predicted octanol–water partition coefficient (Wildman–Crippen LogP) is 22.1. The first-order valence-electron chi connectivity index (χ1n) is 32.8. The fourth-order valence-corrected chi connectivity index (χ4v) is 11.2. The van der Waals surface area contributed by atoms with Gasteiger partial charge >= 0.3 is 5.97 Å². The highest BCUT2D eigenvalue weighted by atomic mass is 16.5. The Balaban J connectivity index is 1.46. The van der Waals surface area contributed by atoms with Gasteiger partial charge in [-0.3, -0.25) is 0 Å². The molecule has 436 valence electrons. The molecule has 1 aromatic heterocycles. The van der Waals surface area contributed by atoms with E-state index in [-0.39, 0.29) is 0 Å². The summed E-state index contributed by atoms with van der Waals surface area (Å²) in [6.07, 6.45) is 51.0. The van der Waals surface area contributed by atoms with Gasteiger partial charge in [-0.05, 0) is 78.9 Å². The average Bonchev–Trinajstić information content (AvgIpc) is 3.60. The summed E-state index contributed by atoms with van der Waals surface area (Å²) in [5.41, 5.74) is 3.31. The van der Waals surface area contributed by atoms with Crippen LogP contribution in [0.1, 0.15) is 295 Å². The van der Waals surface area contributed by atoms with E-state index in [0.29, 0.717) is 43.0 Å². The SMILES string of the molecule is CCCCCCCCCCCCOc1cc2c3cc(OCCCCCCCCCCCC)c(OCCCCCCCCCCCC)cc3c3nc4cc(C(=O)OC)ccc4nc3c2cc1OCCCCCCCCCCCC. The van der Waals surface area contributed by atoms with Gasteiger partial charge < -0.3 is 23.7 Å². The monoisotopic (exact) mass is 1070 g/mol. The molecular weight excluding hydrogens is 965 g/mol. The number of ether oxygens (including phenoxy) is 5. The summed E-state index contributed by atoms with van der Waals surface area (Å²) in [4.78, 5) is 23.5. The van der Waals surface area contributed by atoms with Crippen LogP contribution in [0.3, 0.4) is 0 Å². The summed E-state index contributed by atoms with van der Waals surface area (Å²) in [7, 11) is 1.41. The number of carbonyl (C=O) groups excluding carboxylic acids is 1. The van der Waals surface area contributed by atoms with Gasteiger partial charge in [-0.25, -0.2) is 14.8 Å². The lowest BCUT2D eigenvalue weighted by Crippen LogP contribution is -2.05. The van der Waals surface area contributed by atoms with Gasteiger partial charge in [-0.1, -0.05) is 259 Å². The first-order chi connectivity index (χ1) is 38.5. The second-order valence-corrected chi connectivity index (χ2v) is 22.9. The minimum absolute atomic E-state index is 0.399. The Labute approximate surface area is 475 Å². The van der Waals surface area contributed by atoms with Gasteiger partial charge in [0.25, 0.3) is 0 Å². The minimum atomic E-state index is -0.399. The Bertz CT molecular complexity index is 2380. The Morgan fingerprint density at radius 1 is 0.321 bits per heavy atom. The molecule has 0 unspecified atom stereocenters. The third-order valence-corrected chi connectivity index (χ3v) is 16.1. The van der Waals surface area contributed by atoms with E-state index in [0.717, 1.165) is 107 Å². The molecule has 0 aliphatic heterocycles.